The summed E-state index contributed by atoms with van der Waals surface area (Å²) in [5.41, 5.74) is 2.85. The van der Waals surface area contributed by atoms with Gasteiger partial charge in [0.15, 0.2) is 0 Å². The molecule has 2 aromatic rings. The summed E-state index contributed by atoms with van der Waals surface area (Å²) in [5, 5.41) is 9.29. The summed E-state index contributed by atoms with van der Waals surface area (Å²) in [5.74, 6) is 0.692. The molecule has 0 spiro atoms. The monoisotopic (exact) mass is 380 g/mol. The zero-order chi connectivity index (χ0) is 19.9. The Balaban J connectivity index is 1.60. The number of aryl methyl sites for hydroxylation is 1. The minimum Gasteiger partial charge on any atom is -0.326 e. The number of aromatic nitrogens is 1. The first-order valence-corrected chi connectivity index (χ1v) is 9.85. The number of hydrogen-bond acceptors (Lipinski definition) is 4. The van der Waals surface area contributed by atoms with Gasteiger partial charge in [-0.2, -0.15) is 0 Å². The van der Waals surface area contributed by atoms with E-state index in [0.717, 1.165) is 18.7 Å². The summed E-state index contributed by atoms with van der Waals surface area (Å²) in [6.07, 6.45) is 6.02. The molecule has 28 heavy (non-hydrogen) atoms. The van der Waals surface area contributed by atoms with E-state index in [4.69, 9.17) is 0 Å². The SMILES string of the molecule is Cc1ccc(NC(=O)CC(C)C2CCCNC2)cc1NC(=O)c1ccncc1. The lowest BCUT2D eigenvalue weighted by molar-refractivity contribution is -0.117. The third-order valence-electron chi connectivity index (χ3n) is 5.36. The van der Waals surface area contributed by atoms with Crippen molar-refractivity contribution in [1.29, 1.82) is 0 Å². The van der Waals surface area contributed by atoms with E-state index in [2.05, 4.69) is 27.9 Å². The van der Waals surface area contributed by atoms with Gasteiger partial charge in [-0.1, -0.05) is 13.0 Å². The Kier molecular flexibility index (Phi) is 6.76. The summed E-state index contributed by atoms with van der Waals surface area (Å²) in [6, 6.07) is 8.89. The highest BCUT2D eigenvalue weighted by atomic mass is 16.2. The number of nitrogens with zero attached hydrogens (tertiary/aromatic N) is 1. The number of nitrogens with one attached hydrogen (secondary N) is 3. The van der Waals surface area contributed by atoms with Crippen LogP contribution < -0.4 is 16.0 Å². The second-order valence-electron chi connectivity index (χ2n) is 7.56. The molecule has 1 saturated heterocycles. The predicted octanol–water partition coefficient (Wildman–Crippen LogP) is 3.61. The molecule has 2 atom stereocenters. The van der Waals surface area contributed by atoms with Crippen LogP contribution in [0.2, 0.25) is 0 Å². The van der Waals surface area contributed by atoms with Crippen LogP contribution in [0.1, 0.15) is 42.1 Å². The van der Waals surface area contributed by atoms with E-state index in [0.29, 0.717) is 35.2 Å². The summed E-state index contributed by atoms with van der Waals surface area (Å²) in [7, 11) is 0. The van der Waals surface area contributed by atoms with Gasteiger partial charge in [-0.05, 0) is 74.5 Å². The molecular weight excluding hydrogens is 352 g/mol. The standard InChI is InChI=1S/C22H28N4O2/c1-15-5-6-19(13-20(15)26-22(28)17-7-10-23-11-8-17)25-21(27)12-16(2)18-4-3-9-24-14-18/h5-8,10-11,13,16,18,24H,3-4,9,12,14H2,1-2H3,(H,25,27)(H,26,28). The van der Waals surface area contributed by atoms with E-state index >= 15 is 0 Å². The van der Waals surface area contributed by atoms with E-state index < -0.39 is 0 Å². The molecule has 0 saturated carbocycles. The van der Waals surface area contributed by atoms with Gasteiger partial charge in [0.25, 0.3) is 5.91 Å². The van der Waals surface area contributed by atoms with E-state index in [1.54, 1.807) is 30.6 Å². The molecule has 1 aromatic heterocycles. The molecule has 1 aliphatic heterocycles. The molecule has 6 nitrogen and oxygen atoms in total. The molecule has 2 heterocycles. The quantitative estimate of drug-likeness (QED) is 0.715. The fourth-order valence-corrected chi connectivity index (χ4v) is 3.57. The summed E-state index contributed by atoms with van der Waals surface area (Å²) < 4.78 is 0. The lowest BCUT2D eigenvalue weighted by Crippen LogP contribution is -2.34. The van der Waals surface area contributed by atoms with Gasteiger partial charge in [-0.25, -0.2) is 0 Å². The highest BCUT2D eigenvalue weighted by Crippen LogP contribution is 2.24. The molecule has 148 valence electrons. The van der Waals surface area contributed by atoms with Crippen molar-refractivity contribution < 1.29 is 9.59 Å². The molecule has 1 aromatic carbocycles. The van der Waals surface area contributed by atoms with Crippen LogP contribution >= 0.6 is 0 Å². The van der Waals surface area contributed by atoms with Crippen molar-refractivity contribution in [3.63, 3.8) is 0 Å². The second kappa shape index (κ2) is 9.46. The van der Waals surface area contributed by atoms with Crippen molar-refractivity contribution in [3.05, 3.63) is 53.9 Å². The molecule has 2 unspecified atom stereocenters. The Labute approximate surface area is 166 Å². The van der Waals surface area contributed by atoms with Crippen molar-refractivity contribution in [3.8, 4) is 0 Å². The Bertz CT molecular complexity index is 817. The fraction of sp³-hybridized carbons (Fsp3) is 0.409. The minimum absolute atomic E-state index is 0.00772. The van der Waals surface area contributed by atoms with Crippen LogP contribution in [0.4, 0.5) is 11.4 Å². The van der Waals surface area contributed by atoms with Gasteiger partial charge in [0.2, 0.25) is 5.91 Å². The number of carbonyl (C=O) groups is 2. The van der Waals surface area contributed by atoms with E-state index in [1.165, 1.54) is 12.8 Å². The fourth-order valence-electron chi connectivity index (χ4n) is 3.57. The molecule has 6 heteroatoms. The Morgan fingerprint density at radius 2 is 2.00 bits per heavy atom. The Morgan fingerprint density at radius 1 is 1.21 bits per heavy atom. The maximum Gasteiger partial charge on any atom is 0.255 e. The molecule has 2 amide bonds. The Hall–Kier alpha value is -2.73. The maximum atomic E-state index is 12.5. The molecular formula is C22H28N4O2. The van der Waals surface area contributed by atoms with Gasteiger partial charge >= 0.3 is 0 Å². The number of anilines is 2. The Morgan fingerprint density at radius 3 is 2.71 bits per heavy atom. The number of benzene rings is 1. The van der Waals surface area contributed by atoms with Crippen LogP contribution in [-0.2, 0) is 4.79 Å². The van der Waals surface area contributed by atoms with Crippen LogP contribution in [0.3, 0.4) is 0 Å². The van der Waals surface area contributed by atoms with Crippen LogP contribution in [0.15, 0.2) is 42.7 Å². The molecule has 1 fully saturated rings. The molecule has 3 N–H and O–H groups in total. The lowest BCUT2D eigenvalue weighted by atomic mass is 9.85. The third kappa shape index (κ3) is 5.39. The van der Waals surface area contributed by atoms with Crippen LogP contribution in [0.25, 0.3) is 0 Å². The van der Waals surface area contributed by atoms with Gasteiger partial charge in [0, 0.05) is 35.8 Å². The topological polar surface area (TPSA) is 83.1 Å². The summed E-state index contributed by atoms with van der Waals surface area (Å²) in [4.78, 5) is 28.8. The van der Waals surface area contributed by atoms with Crippen molar-refractivity contribution in [2.45, 2.75) is 33.1 Å². The number of rotatable bonds is 6. The highest BCUT2D eigenvalue weighted by Gasteiger charge is 2.22. The van der Waals surface area contributed by atoms with Crippen LogP contribution in [0.5, 0.6) is 0 Å². The van der Waals surface area contributed by atoms with Gasteiger partial charge in [0.05, 0.1) is 0 Å². The number of amides is 2. The predicted molar refractivity (Wildman–Crippen MR) is 111 cm³/mol. The normalized spacial score (nSPS) is 17.6. The summed E-state index contributed by atoms with van der Waals surface area (Å²) in [6.45, 7) is 6.13. The van der Waals surface area contributed by atoms with Crippen LogP contribution in [-0.4, -0.2) is 29.9 Å². The molecule has 0 bridgehead atoms. The van der Waals surface area contributed by atoms with Crippen molar-refractivity contribution in [2.75, 3.05) is 23.7 Å². The average Bonchev–Trinajstić information content (AvgIpc) is 2.71. The maximum absolute atomic E-state index is 12.5. The first-order chi connectivity index (χ1) is 13.5. The minimum atomic E-state index is -0.201. The van der Waals surface area contributed by atoms with Gasteiger partial charge < -0.3 is 16.0 Å². The van der Waals surface area contributed by atoms with Crippen LogP contribution in [0, 0.1) is 18.8 Å². The van der Waals surface area contributed by atoms with Crippen molar-refractivity contribution >= 4 is 23.2 Å². The van der Waals surface area contributed by atoms with Gasteiger partial charge in [-0.3, -0.25) is 14.6 Å². The number of hydrogen-bond donors (Lipinski definition) is 3. The van der Waals surface area contributed by atoms with Gasteiger partial charge in [0.1, 0.15) is 0 Å². The largest absolute Gasteiger partial charge is 0.326 e. The van der Waals surface area contributed by atoms with E-state index in [-0.39, 0.29) is 11.8 Å². The van der Waals surface area contributed by atoms with Gasteiger partial charge in [-0.15, -0.1) is 0 Å². The lowest BCUT2D eigenvalue weighted by Gasteiger charge is -2.28. The number of carbonyl (C=O) groups excluding carboxylic acids is 2. The molecule has 3 rings (SSSR count). The van der Waals surface area contributed by atoms with E-state index in [9.17, 15) is 9.59 Å². The molecule has 0 radical (unpaired) electrons. The zero-order valence-electron chi connectivity index (χ0n) is 16.5. The molecule has 0 aliphatic carbocycles. The van der Waals surface area contributed by atoms with Crippen molar-refractivity contribution in [2.24, 2.45) is 11.8 Å². The summed E-state index contributed by atoms with van der Waals surface area (Å²) >= 11 is 0. The zero-order valence-corrected chi connectivity index (χ0v) is 16.5. The highest BCUT2D eigenvalue weighted by molar-refractivity contribution is 6.05. The smallest absolute Gasteiger partial charge is 0.255 e. The number of pyridine rings is 1. The number of piperidine rings is 1. The van der Waals surface area contributed by atoms with E-state index in [1.807, 2.05) is 19.1 Å². The first-order valence-electron chi connectivity index (χ1n) is 9.85. The second-order valence-corrected chi connectivity index (χ2v) is 7.56. The third-order valence-corrected chi connectivity index (χ3v) is 5.36. The molecule has 1 aliphatic rings. The average molecular weight is 380 g/mol. The van der Waals surface area contributed by atoms with Crippen molar-refractivity contribution in [1.82, 2.24) is 10.3 Å². The first kappa shape index (κ1) is 20.0.